The Labute approximate surface area is 199 Å². The summed E-state index contributed by atoms with van der Waals surface area (Å²) in [4.78, 5) is 60.7. The van der Waals surface area contributed by atoms with E-state index in [4.69, 9.17) is 18.9 Å². The van der Waals surface area contributed by atoms with Crippen LogP contribution in [0.25, 0.3) is 0 Å². The predicted octanol–water partition coefficient (Wildman–Crippen LogP) is 1.32. The highest BCUT2D eigenvalue weighted by Crippen LogP contribution is 2.28. The van der Waals surface area contributed by atoms with Crippen LogP contribution in [-0.2, 0) is 42.9 Å². The minimum atomic E-state index is -1.42. The molecule has 1 rings (SSSR count). The molecule has 0 saturated carbocycles. The highest BCUT2D eigenvalue weighted by Gasteiger charge is 2.52. The van der Waals surface area contributed by atoms with Crippen LogP contribution in [-0.4, -0.2) is 72.0 Å². The maximum atomic E-state index is 12.6. The quantitative estimate of drug-likeness (QED) is 0.271. The summed E-state index contributed by atoms with van der Waals surface area (Å²) in [6.45, 7) is 6.05. The first kappa shape index (κ1) is 29.5. The molecule has 0 spiro atoms. The summed E-state index contributed by atoms with van der Waals surface area (Å²) in [5.74, 6) is -2.61. The highest BCUT2D eigenvalue weighted by atomic mass is 16.7. The molecular weight excluding hydrogens is 450 g/mol. The second-order valence-corrected chi connectivity index (χ2v) is 8.17. The number of Topliss-reactive ketones (excluding diaryl/α,β-unsaturated/α-hetero) is 1. The number of carbonyl (C=O) groups excluding carboxylic acids is 5. The topological polar surface area (TPSA) is 155 Å². The summed E-state index contributed by atoms with van der Waals surface area (Å²) in [6, 6.07) is -1.23. The number of hydrogen-bond donors (Lipinski definition) is 2. The van der Waals surface area contributed by atoms with E-state index in [0.29, 0.717) is 19.3 Å². The minimum Gasteiger partial charge on any atom is -0.456 e. The first-order valence-electron chi connectivity index (χ1n) is 11.8. The number of esters is 3. The summed E-state index contributed by atoms with van der Waals surface area (Å²) < 4.78 is 22.2. The fourth-order valence-electron chi connectivity index (χ4n) is 3.36. The van der Waals surface area contributed by atoms with Gasteiger partial charge in [0, 0.05) is 32.1 Å². The van der Waals surface area contributed by atoms with Crippen LogP contribution < -0.4 is 5.32 Å². The number of hydrogen-bond acceptors (Lipinski definition) is 10. The van der Waals surface area contributed by atoms with E-state index in [9.17, 15) is 29.1 Å². The van der Waals surface area contributed by atoms with Crippen molar-refractivity contribution in [3.05, 3.63) is 0 Å². The van der Waals surface area contributed by atoms with E-state index in [1.54, 1.807) is 20.8 Å². The van der Waals surface area contributed by atoms with Crippen molar-refractivity contribution < 1.29 is 48.0 Å². The number of nitrogens with one attached hydrogen (secondary N) is 1. The van der Waals surface area contributed by atoms with Crippen LogP contribution in [0, 0.1) is 0 Å². The summed E-state index contributed by atoms with van der Waals surface area (Å²) >= 11 is 0. The zero-order valence-electron chi connectivity index (χ0n) is 20.4. The number of rotatable bonds is 14. The molecule has 1 aliphatic rings. The van der Waals surface area contributed by atoms with Crippen LogP contribution >= 0.6 is 0 Å². The lowest BCUT2D eigenvalue weighted by molar-refractivity contribution is -0.271. The largest absolute Gasteiger partial charge is 0.456 e. The van der Waals surface area contributed by atoms with Crippen molar-refractivity contribution >= 4 is 29.6 Å². The van der Waals surface area contributed by atoms with Gasteiger partial charge in [-0.15, -0.1) is 0 Å². The Morgan fingerprint density at radius 2 is 1.26 bits per heavy atom. The van der Waals surface area contributed by atoms with Gasteiger partial charge in [0.05, 0.1) is 6.61 Å². The van der Waals surface area contributed by atoms with Crippen LogP contribution in [0.3, 0.4) is 0 Å². The SMILES string of the molecule is CCCC(=O)OC1OC(CO)[C@@H](OC(=O)CCC)[C@H](OC(=O)CCC)C1NC(=O)CCC(C)=O. The second kappa shape index (κ2) is 15.4. The molecular formula is C23H37NO10. The number of amides is 1. The number of ketones is 1. The number of aliphatic hydroxyl groups is 1. The molecule has 34 heavy (non-hydrogen) atoms. The molecule has 194 valence electrons. The van der Waals surface area contributed by atoms with Gasteiger partial charge >= 0.3 is 17.9 Å². The summed E-state index contributed by atoms with van der Waals surface area (Å²) in [6.07, 6.45) is -3.64. The Bertz CT molecular complexity index is 710. The fraction of sp³-hybridized carbons (Fsp3) is 0.783. The van der Waals surface area contributed by atoms with Crippen molar-refractivity contribution in [3.63, 3.8) is 0 Å². The lowest BCUT2D eigenvalue weighted by atomic mass is 9.95. The molecule has 11 nitrogen and oxygen atoms in total. The molecule has 5 atom stereocenters. The Kier molecular flexibility index (Phi) is 13.4. The van der Waals surface area contributed by atoms with Gasteiger partial charge in [0.1, 0.15) is 17.9 Å². The first-order valence-corrected chi connectivity index (χ1v) is 11.8. The zero-order chi connectivity index (χ0) is 25.7. The van der Waals surface area contributed by atoms with Gasteiger partial charge in [-0.3, -0.25) is 19.2 Å². The molecule has 0 aromatic heterocycles. The lowest BCUT2D eigenvalue weighted by Gasteiger charge is -2.44. The molecule has 3 unspecified atom stereocenters. The Morgan fingerprint density at radius 1 is 0.765 bits per heavy atom. The van der Waals surface area contributed by atoms with Crippen molar-refractivity contribution in [1.29, 1.82) is 0 Å². The molecule has 1 amide bonds. The smallest absolute Gasteiger partial charge is 0.308 e. The van der Waals surface area contributed by atoms with E-state index in [1.165, 1.54) is 6.92 Å². The summed E-state index contributed by atoms with van der Waals surface area (Å²) in [5, 5.41) is 12.5. The van der Waals surface area contributed by atoms with Crippen molar-refractivity contribution in [2.45, 2.75) is 110 Å². The molecule has 1 saturated heterocycles. The van der Waals surface area contributed by atoms with E-state index in [2.05, 4.69) is 5.32 Å². The van der Waals surface area contributed by atoms with Crippen molar-refractivity contribution in [3.8, 4) is 0 Å². The summed E-state index contributed by atoms with van der Waals surface area (Å²) in [7, 11) is 0. The van der Waals surface area contributed by atoms with Gasteiger partial charge in [-0.2, -0.15) is 0 Å². The van der Waals surface area contributed by atoms with Crippen molar-refractivity contribution in [2.24, 2.45) is 0 Å². The van der Waals surface area contributed by atoms with Gasteiger partial charge < -0.3 is 34.2 Å². The van der Waals surface area contributed by atoms with E-state index in [-0.39, 0.29) is 37.9 Å². The first-order chi connectivity index (χ1) is 16.2. The van der Waals surface area contributed by atoms with Gasteiger partial charge in [0.15, 0.2) is 12.2 Å². The maximum Gasteiger partial charge on any atom is 0.308 e. The molecule has 1 heterocycles. The molecule has 0 radical (unpaired) electrons. The van der Waals surface area contributed by atoms with Crippen LogP contribution in [0.2, 0.25) is 0 Å². The Morgan fingerprint density at radius 3 is 1.74 bits per heavy atom. The normalized spacial score (nSPS) is 24.1. The third-order valence-corrected chi connectivity index (χ3v) is 5.00. The molecule has 11 heteroatoms. The van der Waals surface area contributed by atoms with Crippen LogP contribution in [0.15, 0.2) is 0 Å². The minimum absolute atomic E-state index is 0.0197. The standard InChI is InChI=1S/C23H37NO10/c1-5-8-17(28)32-21-15(13-25)31-23(34-19(30)10-7-3)20(22(21)33-18(29)9-6-2)24-16(27)12-11-14(4)26/h15,20-23,25H,5-13H2,1-4H3,(H,24,27)/t15?,20?,21-,22-,23?/m1/s1. The molecule has 0 aromatic carbocycles. The molecule has 0 aliphatic carbocycles. The predicted molar refractivity (Wildman–Crippen MR) is 118 cm³/mol. The number of ether oxygens (including phenoxy) is 4. The number of aliphatic hydroxyl groups excluding tert-OH is 1. The average Bonchev–Trinajstić information content (AvgIpc) is 2.76. The van der Waals surface area contributed by atoms with Gasteiger partial charge in [-0.1, -0.05) is 20.8 Å². The van der Waals surface area contributed by atoms with Crippen LogP contribution in [0.1, 0.15) is 79.1 Å². The maximum absolute atomic E-state index is 12.6. The van der Waals surface area contributed by atoms with Crippen LogP contribution in [0.5, 0.6) is 0 Å². The average molecular weight is 488 g/mol. The Hall–Kier alpha value is -2.53. The monoisotopic (exact) mass is 487 g/mol. The van der Waals surface area contributed by atoms with Crippen molar-refractivity contribution in [1.82, 2.24) is 5.32 Å². The van der Waals surface area contributed by atoms with E-state index in [1.807, 2.05) is 0 Å². The molecule has 2 N–H and O–H groups in total. The molecule has 1 aliphatic heterocycles. The van der Waals surface area contributed by atoms with Gasteiger partial charge in [-0.05, 0) is 26.2 Å². The van der Waals surface area contributed by atoms with E-state index >= 15 is 0 Å². The molecule has 0 aromatic rings. The highest BCUT2D eigenvalue weighted by molar-refractivity contribution is 5.83. The third kappa shape index (κ3) is 9.76. The van der Waals surface area contributed by atoms with Gasteiger partial charge in [0.2, 0.25) is 12.2 Å². The van der Waals surface area contributed by atoms with Gasteiger partial charge in [0.25, 0.3) is 0 Å². The summed E-state index contributed by atoms with van der Waals surface area (Å²) in [5.41, 5.74) is 0. The third-order valence-electron chi connectivity index (χ3n) is 5.00. The van der Waals surface area contributed by atoms with Crippen molar-refractivity contribution in [2.75, 3.05) is 6.61 Å². The van der Waals surface area contributed by atoms with E-state index < -0.39 is 61.1 Å². The zero-order valence-corrected chi connectivity index (χ0v) is 20.4. The van der Waals surface area contributed by atoms with E-state index in [0.717, 1.165) is 0 Å². The van der Waals surface area contributed by atoms with Crippen LogP contribution in [0.4, 0.5) is 0 Å². The molecule has 1 fully saturated rings. The Balaban J connectivity index is 3.33. The number of carbonyl (C=O) groups is 5. The molecule has 0 bridgehead atoms. The second-order valence-electron chi connectivity index (χ2n) is 8.17. The fourth-order valence-corrected chi connectivity index (χ4v) is 3.36. The van der Waals surface area contributed by atoms with Gasteiger partial charge in [-0.25, -0.2) is 0 Å². The lowest BCUT2D eigenvalue weighted by Crippen LogP contribution is -2.67.